The number of benzene rings is 1. The van der Waals surface area contributed by atoms with E-state index in [-0.39, 0.29) is 24.4 Å². The van der Waals surface area contributed by atoms with E-state index in [1.165, 1.54) is 5.56 Å². The maximum Gasteiger partial charge on any atom is 0.240 e. The van der Waals surface area contributed by atoms with E-state index in [1.54, 1.807) is 6.92 Å². The summed E-state index contributed by atoms with van der Waals surface area (Å²) in [6, 6.07) is 8.37. The molecular weight excluding hydrogens is 284 g/mol. The number of nitrogens with two attached hydrogens (primary N) is 1. The number of hydrogen-bond donors (Lipinski definition) is 2. The summed E-state index contributed by atoms with van der Waals surface area (Å²) in [5.74, 6) is 0.436. The molecule has 0 radical (unpaired) electrons. The van der Waals surface area contributed by atoms with Crippen LogP contribution in [0.2, 0.25) is 0 Å². The largest absolute Gasteiger partial charge is 0.348 e. The Morgan fingerprint density at radius 2 is 1.67 bits per heavy atom. The van der Waals surface area contributed by atoms with Gasteiger partial charge in [0.1, 0.15) is 0 Å². The molecule has 0 spiro atoms. The summed E-state index contributed by atoms with van der Waals surface area (Å²) < 4.78 is 0. The zero-order valence-corrected chi connectivity index (χ0v) is 14.6. The maximum absolute atomic E-state index is 12.2. The Kier molecular flexibility index (Phi) is 7.98. The van der Waals surface area contributed by atoms with Gasteiger partial charge in [0.15, 0.2) is 0 Å². The van der Waals surface area contributed by atoms with Crippen molar-refractivity contribution in [1.29, 1.82) is 0 Å². The number of halogens is 1. The average Bonchev–Trinajstić information content (AvgIpc) is 2.38. The normalized spacial score (nSPS) is 15.0. The van der Waals surface area contributed by atoms with Crippen molar-refractivity contribution in [3.63, 3.8) is 0 Å². The molecular formula is C17H29ClN2O. The smallest absolute Gasteiger partial charge is 0.240 e. The van der Waals surface area contributed by atoms with E-state index >= 15 is 0 Å². The Balaban J connectivity index is 0.00000400. The van der Waals surface area contributed by atoms with Gasteiger partial charge in [0.25, 0.3) is 0 Å². The summed E-state index contributed by atoms with van der Waals surface area (Å²) >= 11 is 0. The molecule has 0 aliphatic carbocycles. The van der Waals surface area contributed by atoms with Crippen LogP contribution in [0, 0.1) is 0 Å². The van der Waals surface area contributed by atoms with Crippen LogP contribution in [-0.2, 0) is 4.79 Å². The van der Waals surface area contributed by atoms with Crippen molar-refractivity contribution in [3.05, 3.63) is 35.4 Å². The molecule has 0 bridgehead atoms. The van der Waals surface area contributed by atoms with E-state index in [0.29, 0.717) is 12.3 Å². The third-order valence-electron chi connectivity index (χ3n) is 3.74. The third-order valence-corrected chi connectivity index (χ3v) is 3.74. The van der Waals surface area contributed by atoms with Crippen molar-refractivity contribution >= 4 is 18.3 Å². The molecule has 3 nitrogen and oxygen atoms in total. The van der Waals surface area contributed by atoms with E-state index in [4.69, 9.17) is 5.73 Å². The molecule has 3 N–H and O–H groups in total. The molecule has 1 aromatic carbocycles. The lowest BCUT2D eigenvalue weighted by molar-refractivity contribution is -0.126. The number of carbonyl (C=O) groups is 1. The van der Waals surface area contributed by atoms with Crippen molar-refractivity contribution in [2.75, 3.05) is 0 Å². The minimum Gasteiger partial charge on any atom is -0.348 e. The fourth-order valence-corrected chi connectivity index (χ4v) is 2.25. The topological polar surface area (TPSA) is 55.1 Å². The fourth-order valence-electron chi connectivity index (χ4n) is 2.25. The first-order valence-corrected chi connectivity index (χ1v) is 7.47. The standard InChI is InChI=1S/C17H28N2O.ClH/c1-6-11-17(5,18)16(20)19-13(4)15-9-7-14(8-10-15)12(2)3;/h7-10,12-13H,6,11,18H2,1-5H3,(H,19,20);1H. The molecule has 0 heterocycles. The number of nitrogens with one attached hydrogen (secondary N) is 1. The van der Waals surface area contributed by atoms with E-state index < -0.39 is 5.54 Å². The Morgan fingerprint density at radius 3 is 2.10 bits per heavy atom. The summed E-state index contributed by atoms with van der Waals surface area (Å²) in [6.07, 6.45) is 1.59. The molecule has 120 valence electrons. The van der Waals surface area contributed by atoms with E-state index in [1.807, 2.05) is 13.8 Å². The summed E-state index contributed by atoms with van der Waals surface area (Å²) in [5, 5.41) is 3.01. The second-order valence-electron chi connectivity index (χ2n) is 6.18. The highest BCUT2D eigenvalue weighted by atomic mass is 35.5. The van der Waals surface area contributed by atoms with Crippen LogP contribution in [0.4, 0.5) is 0 Å². The molecule has 1 aromatic rings. The zero-order valence-electron chi connectivity index (χ0n) is 13.8. The van der Waals surface area contributed by atoms with E-state index in [2.05, 4.69) is 43.4 Å². The van der Waals surface area contributed by atoms with E-state index in [0.717, 1.165) is 12.0 Å². The first-order valence-electron chi connectivity index (χ1n) is 7.47. The molecule has 1 amide bonds. The Morgan fingerprint density at radius 1 is 1.19 bits per heavy atom. The summed E-state index contributed by atoms with van der Waals surface area (Å²) in [5.41, 5.74) is 7.67. The number of amides is 1. The molecule has 0 aliphatic rings. The van der Waals surface area contributed by atoms with Gasteiger partial charge in [-0.3, -0.25) is 4.79 Å². The fraction of sp³-hybridized carbons (Fsp3) is 0.588. The number of rotatable bonds is 6. The molecule has 0 aliphatic heterocycles. The maximum atomic E-state index is 12.2. The first kappa shape index (κ1) is 19.9. The molecule has 4 heteroatoms. The molecule has 1 rings (SSSR count). The number of hydrogen-bond acceptors (Lipinski definition) is 2. The second kappa shape index (κ2) is 8.40. The van der Waals surface area contributed by atoms with Crippen LogP contribution in [0.1, 0.15) is 70.5 Å². The third kappa shape index (κ3) is 5.68. The van der Waals surface area contributed by atoms with Crippen LogP contribution in [-0.4, -0.2) is 11.4 Å². The highest BCUT2D eigenvalue weighted by Gasteiger charge is 2.28. The van der Waals surface area contributed by atoms with Gasteiger partial charge in [-0.2, -0.15) is 0 Å². The van der Waals surface area contributed by atoms with Crippen LogP contribution in [0.5, 0.6) is 0 Å². The minimum atomic E-state index is -0.791. The van der Waals surface area contributed by atoms with Gasteiger partial charge in [-0.15, -0.1) is 12.4 Å². The van der Waals surface area contributed by atoms with Crippen molar-refractivity contribution in [1.82, 2.24) is 5.32 Å². The predicted molar refractivity (Wildman–Crippen MR) is 91.8 cm³/mol. The van der Waals surface area contributed by atoms with Crippen LogP contribution < -0.4 is 11.1 Å². The minimum absolute atomic E-state index is 0. The Hall–Kier alpha value is -1.06. The highest BCUT2D eigenvalue weighted by molar-refractivity contribution is 5.86. The van der Waals surface area contributed by atoms with Gasteiger partial charge in [-0.05, 0) is 37.3 Å². The lowest BCUT2D eigenvalue weighted by atomic mass is 9.95. The molecule has 0 saturated heterocycles. The van der Waals surface area contributed by atoms with Crippen molar-refractivity contribution < 1.29 is 4.79 Å². The quantitative estimate of drug-likeness (QED) is 0.836. The Bertz CT molecular complexity index is 441. The Labute approximate surface area is 135 Å². The van der Waals surface area contributed by atoms with Crippen molar-refractivity contribution in [3.8, 4) is 0 Å². The molecule has 0 aromatic heterocycles. The average molecular weight is 313 g/mol. The lowest BCUT2D eigenvalue weighted by Crippen LogP contribution is -2.52. The van der Waals surface area contributed by atoms with Crippen LogP contribution in [0.15, 0.2) is 24.3 Å². The van der Waals surface area contributed by atoms with Crippen LogP contribution in [0.3, 0.4) is 0 Å². The predicted octanol–water partition coefficient (Wildman–Crippen LogP) is 3.93. The lowest BCUT2D eigenvalue weighted by Gasteiger charge is -2.25. The zero-order chi connectivity index (χ0) is 15.3. The van der Waals surface area contributed by atoms with Gasteiger partial charge in [0.05, 0.1) is 11.6 Å². The van der Waals surface area contributed by atoms with Gasteiger partial charge in [0, 0.05) is 0 Å². The number of carbonyl (C=O) groups excluding carboxylic acids is 1. The highest BCUT2D eigenvalue weighted by Crippen LogP contribution is 2.19. The van der Waals surface area contributed by atoms with Crippen LogP contribution >= 0.6 is 12.4 Å². The van der Waals surface area contributed by atoms with Crippen LogP contribution in [0.25, 0.3) is 0 Å². The molecule has 0 fully saturated rings. The van der Waals surface area contributed by atoms with Gasteiger partial charge in [-0.1, -0.05) is 51.5 Å². The summed E-state index contributed by atoms with van der Waals surface area (Å²) in [6.45, 7) is 10.2. The first-order chi connectivity index (χ1) is 9.27. The van der Waals surface area contributed by atoms with Gasteiger partial charge >= 0.3 is 0 Å². The summed E-state index contributed by atoms with van der Waals surface area (Å²) in [7, 11) is 0. The summed E-state index contributed by atoms with van der Waals surface area (Å²) in [4.78, 5) is 12.2. The van der Waals surface area contributed by atoms with E-state index in [9.17, 15) is 4.79 Å². The SMILES string of the molecule is CCCC(C)(N)C(=O)NC(C)c1ccc(C(C)C)cc1.Cl. The van der Waals surface area contributed by atoms with Gasteiger partial charge in [-0.25, -0.2) is 0 Å². The molecule has 2 atom stereocenters. The second-order valence-corrected chi connectivity index (χ2v) is 6.18. The van der Waals surface area contributed by atoms with Crippen molar-refractivity contribution in [2.24, 2.45) is 5.73 Å². The molecule has 21 heavy (non-hydrogen) atoms. The van der Waals surface area contributed by atoms with Gasteiger partial charge in [0.2, 0.25) is 5.91 Å². The monoisotopic (exact) mass is 312 g/mol. The van der Waals surface area contributed by atoms with Crippen molar-refractivity contribution in [2.45, 2.75) is 65.0 Å². The van der Waals surface area contributed by atoms with Gasteiger partial charge < -0.3 is 11.1 Å². The molecule has 0 saturated carbocycles. The molecule has 2 unspecified atom stereocenters.